The highest BCUT2D eigenvalue weighted by Crippen LogP contribution is 2.28. The van der Waals surface area contributed by atoms with E-state index in [1.165, 1.54) is 6.08 Å². The predicted molar refractivity (Wildman–Crippen MR) is 112 cm³/mol. The highest BCUT2D eigenvalue weighted by atomic mass is 16.5. The van der Waals surface area contributed by atoms with Gasteiger partial charge in [0.25, 0.3) is 5.91 Å². The molecule has 2 aromatic carbocycles. The zero-order chi connectivity index (χ0) is 21.2. The number of carbonyl (C=O) groups is 2. The third-order valence-electron chi connectivity index (χ3n) is 4.28. The Hall–Kier alpha value is -3.28. The molecule has 0 aliphatic heterocycles. The van der Waals surface area contributed by atoms with Gasteiger partial charge in [-0.05, 0) is 55.7 Å². The van der Waals surface area contributed by atoms with E-state index in [-0.39, 0.29) is 18.6 Å². The number of rotatable bonds is 9. The standard InChI is InChI=1S/C23H27NO5/c1-5-28-20-12-10-18(14-21(20)27-4)11-13-23(26)29-15-22(25)24-17(3)19-9-7-6-8-16(19)2/h6-14,17H,5,15H2,1-4H3,(H,24,25)/b13-11+. The molecule has 0 saturated heterocycles. The van der Waals surface area contributed by atoms with Crippen molar-refractivity contribution >= 4 is 18.0 Å². The number of nitrogens with one attached hydrogen (secondary N) is 1. The first kappa shape index (κ1) is 22.0. The van der Waals surface area contributed by atoms with Gasteiger partial charge in [-0.15, -0.1) is 0 Å². The highest BCUT2D eigenvalue weighted by Gasteiger charge is 2.12. The second kappa shape index (κ2) is 10.9. The van der Waals surface area contributed by atoms with E-state index in [1.807, 2.05) is 45.0 Å². The number of hydrogen-bond acceptors (Lipinski definition) is 5. The van der Waals surface area contributed by atoms with Crippen LogP contribution in [0.1, 0.15) is 36.6 Å². The van der Waals surface area contributed by atoms with Crippen LogP contribution in [0.3, 0.4) is 0 Å². The fraction of sp³-hybridized carbons (Fsp3) is 0.304. The molecule has 29 heavy (non-hydrogen) atoms. The van der Waals surface area contributed by atoms with Crippen LogP contribution >= 0.6 is 0 Å². The molecule has 2 rings (SSSR count). The third kappa shape index (κ3) is 6.68. The smallest absolute Gasteiger partial charge is 0.331 e. The lowest BCUT2D eigenvalue weighted by Gasteiger charge is -2.16. The van der Waals surface area contributed by atoms with E-state index >= 15 is 0 Å². The molecule has 6 nitrogen and oxygen atoms in total. The van der Waals surface area contributed by atoms with Gasteiger partial charge in [0.1, 0.15) is 0 Å². The van der Waals surface area contributed by atoms with E-state index in [9.17, 15) is 9.59 Å². The Morgan fingerprint density at radius 3 is 2.59 bits per heavy atom. The normalized spacial score (nSPS) is 11.7. The number of amides is 1. The van der Waals surface area contributed by atoms with Gasteiger partial charge < -0.3 is 19.5 Å². The van der Waals surface area contributed by atoms with Crippen LogP contribution in [0, 0.1) is 6.92 Å². The van der Waals surface area contributed by atoms with Crippen molar-refractivity contribution in [3.8, 4) is 11.5 Å². The number of methoxy groups -OCH3 is 1. The summed E-state index contributed by atoms with van der Waals surface area (Å²) in [6.07, 6.45) is 2.86. The van der Waals surface area contributed by atoms with Gasteiger partial charge in [0, 0.05) is 6.08 Å². The quantitative estimate of drug-likeness (QED) is 0.514. The lowest BCUT2D eigenvalue weighted by atomic mass is 10.0. The topological polar surface area (TPSA) is 73.9 Å². The van der Waals surface area contributed by atoms with E-state index in [1.54, 1.807) is 31.4 Å². The van der Waals surface area contributed by atoms with Crippen molar-refractivity contribution in [1.29, 1.82) is 0 Å². The van der Waals surface area contributed by atoms with Crippen molar-refractivity contribution in [3.63, 3.8) is 0 Å². The zero-order valence-electron chi connectivity index (χ0n) is 17.2. The minimum atomic E-state index is -0.600. The molecule has 0 aliphatic rings. The number of aryl methyl sites for hydroxylation is 1. The van der Waals surface area contributed by atoms with Crippen LogP contribution in [0.4, 0.5) is 0 Å². The number of carbonyl (C=O) groups excluding carboxylic acids is 2. The molecule has 0 aromatic heterocycles. The van der Waals surface area contributed by atoms with Crippen molar-refractivity contribution in [1.82, 2.24) is 5.32 Å². The molecule has 0 bridgehead atoms. The summed E-state index contributed by atoms with van der Waals surface area (Å²) in [7, 11) is 1.55. The minimum Gasteiger partial charge on any atom is -0.493 e. The first-order chi connectivity index (χ1) is 13.9. The Labute approximate surface area is 171 Å². The second-order valence-corrected chi connectivity index (χ2v) is 6.43. The average Bonchev–Trinajstić information content (AvgIpc) is 2.71. The molecule has 1 unspecified atom stereocenters. The number of hydrogen-bond donors (Lipinski definition) is 1. The van der Waals surface area contributed by atoms with Gasteiger partial charge in [0.2, 0.25) is 0 Å². The van der Waals surface area contributed by atoms with E-state index < -0.39 is 5.97 Å². The SMILES string of the molecule is CCOc1ccc(/C=C/C(=O)OCC(=O)NC(C)c2ccccc2C)cc1OC. The first-order valence-electron chi connectivity index (χ1n) is 9.45. The summed E-state index contributed by atoms with van der Waals surface area (Å²) >= 11 is 0. The van der Waals surface area contributed by atoms with Crippen LogP contribution in [0.25, 0.3) is 6.08 Å². The fourth-order valence-electron chi connectivity index (χ4n) is 2.85. The molecule has 6 heteroatoms. The van der Waals surface area contributed by atoms with Crippen LogP contribution in [0.15, 0.2) is 48.5 Å². The third-order valence-corrected chi connectivity index (χ3v) is 4.28. The molecule has 0 spiro atoms. The lowest BCUT2D eigenvalue weighted by molar-refractivity contribution is -0.144. The molecule has 1 amide bonds. The molecule has 0 aliphatic carbocycles. The Balaban J connectivity index is 1.86. The molecule has 0 saturated carbocycles. The fourth-order valence-corrected chi connectivity index (χ4v) is 2.85. The molecule has 2 aromatic rings. The molecule has 0 heterocycles. The van der Waals surface area contributed by atoms with Crippen LogP contribution in [0.2, 0.25) is 0 Å². The average molecular weight is 397 g/mol. The van der Waals surface area contributed by atoms with E-state index in [0.29, 0.717) is 18.1 Å². The van der Waals surface area contributed by atoms with Crippen molar-refractivity contribution in [2.75, 3.05) is 20.3 Å². The molecule has 1 N–H and O–H groups in total. The van der Waals surface area contributed by atoms with E-state index in [0.717, 1.165) is 16.7 Å². The summed E-state index contributed by atoms with van der Waals surface area (Å²) in [4.78, 5) is 24.0. The molecular weight excluding hydrogens is 370 g/mol. The van der Waals surface area contributed by atoms with E-state index in [2.05, 4.69) is 5.32 Å². The van der Waals surface area contributed by atoms with Gasteiger partial charge in [-0.3, -0.25) is 4.79 Å². The molecule has 0 radical (unpaired) electrons. The Bertz CT molecular complexity index is 875. The molecule has 154 valence electrons. The van der Waals surface area contributed by atoms with Crippen LogP contribution < -0.4 is 14.8 Å². The maximum absolute atomic E-state index is 12.1. The Morgan fingerprint density at radius 2 is 1.90 bits per heavy atom. The van der Waals surface area contributed by atoms with E-state index in [4.69, 9.17) is 14.2 Å². The highest BCUT2D eigenvalue weighted by molar-refractivity contribution is 5.89. The van der Waals surface area contributed by atoms with Gasteiger partial charge >= 0.3 is 5.97 Å². The maximum atomic E-state index is 12.1. The maximum Gasteiger partial charge on any atom is 0.331 e. The number of benzene rings is 2. The van der Waals surface area contributed by atoms with Gasteiger partial charge in [-0.1, -0.05) is 30.3 Å². The Morgan fingerprint density at radius 1 is 1.14 bits per heavy atom. The monoisotopic (exact) mass is 397 g/mol. The van der Waals surface area contributed by atoms with Crippen LogP contribution in [0.5, 0.6) is 11.5 Å². The molecule has 1 atom stereocenters. The van der Waals surface area contributed by atoms with Crippen molar-refractivity contribution in [2.24, 2.45) is 0 Å². The lowest BCUT2D eigenvalue weighted by Crippen LogP contribution is -2.31. The summed E-state index contributed by atoms with van der Waals surface area (Å²) in [5.74, 6) is 0.253. The largest absolute Gasteiger partial charge is 0.493 e. The molecular formula is C23H27NO5. The summed E-state index contributed by atoms with van der Waals surface area (Å²) < 4.78 is 15.8. The molecule has 0 fully saturated rings. The summed E-state index contributed by atoms with van der Waals surface area (Å²) in [5, 5.41) is 2.83. The van der Waals surface area contributed by atoms with Gasteiger partial charge in [-0.2, -0.15) is 0 Å². The minimum absolute atomic E-state index is 0.172. The van der Waals surface area contributed by atoms with Gasteiger partial charge in [0.15, 0.2) is 18.1 Å². The van der Waals surface area contributed by atoms with Crippen molar-refractivity contribution in [2.45, 2.75) is 26.8 Å². The van der Waals surface area contributed by atoms with Crippen LogP contribution in [-0.4, -0.2) is 32.2 Å². The zero-order valence-corrected chi connectivity index (χ0v) is 17.2. The van der Waals surface area contributed by atoms with Gasteiger partial charge in [-0.25, -0.2) is 4.79 Å². The Kier molecular flexibility index (Phi) is 8.27. The summed E-state index contributed by atoms with van der Waals surface area (Å²) in [6, 6.07) is 13.0. The number of esters is 1. The van der Waals surface area contributed by atoms with Crippen molar-refractivity contribution < 1.29 is 23.8 Å². The summed E-state index contributed by atoms with van der Waals surface area (Å²) in [5.41, 5.74) is 2.86. The summed E-state index contributed by atoms with van der Waals surface area (Å²) in [6.45, 7) is 5.95. The predicted octanol–water partition coefficient (Wildman–Crippen LogP) is 3.84. The first-order valence-corrected chi connectivity index (χ1v) is 9.45. The van der Waals surface area contributed by atoms with Crippen LogP contribution in [-0.2, 0) is 14.3 Å². The van der Waals surface area contributed by atoms with Gasteiger partial charge in [0.05, 0.1) is 19.8 Å². The number of ether oxygens (including phenoxy) is 3. The van der Waals surface area contributed by atoms with Crippen molar-refractivity contribution in [3.05, 3.63) is 65.2 Å². The second-order valence-electron chi connectivity index (χ2n) is 6.43.